The summed E-state index contributed by atoms with van der Waals surface area (Å²) in [4.78, 5) is 14.3. The van der Waals surface area contributed by atoms with E-state index in [0.29, 0.717) is 30.3 Å². The van der Waals surface area contributed by atoms with E-state index < -0.39 is 0 Å². The van der Waals surface area contributed by atoms with E-state index in [4.69, 9.17) is 14.9 Å². The van der Waals surface area contributed by atoms with Crippen molar-refractivity contribution in [2.45, 2.75) is 26.1 Å². The van der Waals surface area contributed by atoms with Gasteiger partial charge in [0.25, 0.3) is 5.91 Å². The van der Waals surface area contributed by atoms with Crippen molar-refractivity contribution in [2.75, 3.05) is 18.8 Å². The number of hydrogen-bond donors (Lipinski definition) is 1. The lowest BCUT2D eigenvalue weighted by atomic mass is 10.1. The van der Waals surface area contributed by atoms with E-state index in [1.807, 2.05) is 38.1 Å². The van der Waals surface area contributed by atoms with Crippen LogP contribution in [0.5, 0.6) is 0 Å². The molecule has 3 rings (SSSR count). The van der Waals surface area contributed by atoms with Gasteiger partial charge in [-0.05, 0) is 38.1 Å². The van der Waals surface area contributed by atoms with E-state index in [0.717, 1.165) is 5.56 Å². The Labute approximate surface area is 129 Å². The fraction of sp³-hybridized carbons (Fsp3) is 0.353. The quantitative estimate of drug-likeness (QED) is 0.866. The number of morpholine rings is 1. The third-order valence-corrected chi connectivity index (χ3v) is 3.69. The molecule has 2 heterocycles. The summed E-state index contributed by atoms with van der Waals surface area (Å²) in [5, 5.41) is 0. The van der Waals surface area contributed by atoms with Gasteiger partial charge in [-0.3, -0.25) is 4.79 Å². The van der Waals surface area contributed by atoms with Gasteiger partial charge in [-0.25, -0.2) is 0 Å². The van der Waals surface area contributed by atoms with Crippen molar-refractivity contribution in [1.29, 1.82) is 0 Å². The average Bonchev–Trinajstić information content (AvgIpc) is 2.95. The Balaban J connectivity index is 1.80. The monoisotopic (exact) mass is 300 g/mol. The number of anilines is 1. The van der Waals surface area contributed by atoms with E-state index >= 15 is 0 Å². The average molecular weight is 300 g/mol. The van der Waals surface area contributed by atoms with Gasteiger partial charge in [-0.2, -0.15) is 0 Å². The molecule has 5 nitrogen and oxygen atoms in total. The number of nitrogens with two attached hydrogens (primary N) is 1. The standard InChI is InChI=1S/C17H20N2O3/c1-11-9-19(10-12(2)21-11)17(20)16-7-6-15(22-16)13-4-3-5-14(18)8-13/h3-8,11-12H,9-10,18H2,1-2H3/t11-,12-/m1/s1. The molecule has 1 saturated heterocycles. The Kier molecular flexibility index (Phi) is 3.90. The Hall–Kier alpha value is -2.27. The van der Waals surface area contributed by atoms with Gasteiger partial charge < -0.3 is 19.8 Å². The topological polar surface area (TPSA) is 68.7 Å². The van der Waals surface area contributed by atoms with Gasteiger partial charge in [-0.15, -0.1) is 0 Å². The Morgan fingerprint density at radius 1 is 1.18 bits per heavy atom. The number of nitrogen functional groups attached to an aromatic ring is 1. The largest absolute Gasteiger partial charge is 0.451 e. The molecule has 0 saturated carbocycles. The van der Waals surface area contributed by atoms with Crippen LogP contribution in [-0.4, -0.2) is 36.1 Å². The Bertz CT molecular complexity index is 670. The van der Waals surface area contributed by atoms with Crippen LogP contribution in [0.3, 0.4) is 0 Å². The minimum absolute atomic E-state index is 0.0380. The van der Waals surface area contributed by atoms with Crippen molar-refractivity contribution >= 4 is 11.6 Å². The second-order valence-electron chi connectivity index (χ2n) is 5.76. The van der Waals surface area contributed by atoms with Crippen LogP contribution in [0.4, 0.5) is 5.69 Å². The molecule has 0 radical (unpaired) electrons. The highest BCUT2D eigenvalue weighted by atomic mass is 16.5. The van der Waals surface area contributed by atoms with Gasteiger partial charge in [0.2, 0.25) is 0 Å². The third-order valence-electron chi connectivity index (χ3n) is 3.69. The number of rotatable bonds is 2. The van der Waals surface area contributed by atoms with Crippen molar-refractivity contribution in [3.63, 3.8) is 0 Å². The molecule has 0 aliphatic carbocycles. The molecule has 2 N–H and O–H groups in total. The highest BCUT2D eigenvalue weighted by molar-refractivity contribution is 5.92. The molecule has 2 atom stereocenters. The van der Waals surface area contributed by atoms with Crippen molar-refractivity contribution in [3.8, 4) is 11.3 Å². The molecule has 1 fully saturated rings. The van der Waals surface area contributed by atoms with E-state index in [1.54, 1.807) is 17.0 Å². The summed E-state index contributed by atoms with van der Waals surface area (Å²) in [6.45, 7) is 5.10. The van der Waals surface area contributed by atoms with Crippen LogP contribution >= 0.6 is 0 Å². The summed E-state index contributed by atoms with van der Waals surface area (Å²) < 4.78 is 11.4. The Morgan fingerprint density at radius 3 is 2.59 bits per heavy atom. The second kappa shape index (κ2) is 5.85. The molecule has 0 bridgehead atoms. The fourth-order valence-electron chi connectivity index (χ4n) is 2.80. The van der Waals surface area contributed by atoms with Crippen LogP contribution in [-0.2, 0) is 4.74 Å². The number of furan rings is 1. The smallest absolute Gasteiger partial charge is 0.289 e. The van der Waals surface area contributed by atoms with Gasteiger partial charge in [0.05, 0.1) is 12.2 Å². The molecule has 116 valence electrons. The summed E-state index contributed by atoms with van der Waals surface area (Å²) in [6, 6.07) is 10.9. The number of carbonyl (C=O) groups excluding carboxylic acids is 1. The van der Waals surface area contributed by atoms with Gasteiger partial charge in [-0.1, -0.05) is 12.1 Å². The highest BCUT2D eigenvalue weighted by Gasteiger charge is 2.28. The van der Waals surface area contributed by atoms with E-state index in [-0.39, 0.29) is 18.1 Å². The molecule has 5 heteroatoms. The van der Waals surface area contributed by atoms with Gasteiger partial charge in [0.1, 0.15) is 5.76 Å². The van der Waals surface area contributed by atoms with Crippen molar-refractivity contribution < 1.29 is 13.9 Å². The molecule has 2 aromatic rings. The zero-order valence-electron chi connectivity index (χ0n) is 12.8. The van der Waals surface area contributed by atoms with Crippen molar-refractivity contribution in [2.24, 2.45) is 0 Å². The predicted octanol–water partition coefficient (Wildman–Crippen LogP) is 2.78. The predicted molar refractivity (Wildman–Crippen MR) is 84.5 cm³/mol. The number of amides is 1. The van der Waals surface area contributed by atoms with Gasteiger partial charge >= 0.3 is 0 Å². The SMILES string of the molecule is C[C@@H]1CN(C(=O)c2ccc(-c3cccc(N)c3)o2)C[C@@H](C)O1. The zero-order chi connectivity index (χ0) is 15.7. The zero-order valence-corrected chi connectivity index (χ0v) is 12.8. The third kappa shape index (κ3) is 2.99. The van der Waals surface area contributed by atoms with Crippen molar-refractivity contribution in [1.82, 2.24) is 4.90 Å². The van der Waals surface area contributed by atoms with Crippen LogP contribution in [0, 0.1) is 0 Å². The lowest BCUT2D eigenvalue weighted by Crippen LogP contribution is -2.48. The van der Waals surface area contributed by atoms with Crippen LogP contribution in [0.25, 0.3) is 11.3 Å². The minimum Gasteiger partial charge on any atom is -0.451 e. The van der Waals surface area contributed by atoms with Crippen LogP contribution < -0.4 is 5.73 Å². The maximum atomic E-state index is 12.6. The second-order valence-corrected chi connectivity index (χ2v) is 5.76. The maximum absolute atomic E-state index is 12.6. The number of benzene rings is 1. The van der Waals surface area contributed by atoms with Crippen LogP contribution in [0.15, 0.2) is 40.8 Å². The van der Waals surface area contributed by atoms with Crippen LogP contribution in [0.1, 0.15) is 24.4 Å². The Morgan fingerprint density at radius 2 is 1.91 bits per heavy atom. The molecular formula is C17H20N2O3. The van der Waals surface area contributed by atoms with E-state index in [2.05, 4.69) is 0 Å². The van der Waals surface area contributed by atoms with Crippen LogP contribution in [0.2, 0.25) is 0 Å². The molecule has 1 aliphatic rings. The van der Waals surface area contributed by atoms with Crippen molar-refractivity contribution in [3.05, 3.63) is 42.2 Å². The molecule has 0 unspecified atom stereocenters. The number of ether oxygens (including phenoxy) is 1. The minimum atomic E-state index is -0.0999. The summed E-state index contributed by atoms with van der Waals surface area (Å²) in [5.41, 5.74) is 7.31. The molecule has 1 aliphatic heterocycles. The first-order valence-corrected chi connectivity index (χ1v) is 7.43. The number of carbonyl (C=O) groups is 1. The number of hydrogen-bond acceptors (Lipinski definition) is 4. The highest BCUT2D eigenvalue weighted by Crippen LogP contribution is 2.25. The maximum Gasteiger partial charge on any atom is 0.289 e. The molecule has 0 spiro atoms. The summed E-state index contributed by atoms with van der Waals surface area (Å²) in [6.07, 6.45) is 0.0760. The summed E-state index contributed by atoms with van der Waals surface area (Å²) in [7, 11) is 0. The lowest BCUT2D eigenvalue weighted by molar-refractivity contribution is -0.0592. The van der Waals surface area contributed by atoms with E-state index in [1.165, 1.54) is 0 Å². The molecule has 1 aromatic heterocycles. The first-order chi connectivity index (χ1) is 10.5. The summed E-state index contributed by atoms with van der Waals surface area (Å²) in [5.74, 6) is 0.890. The van der Waals surface area contributed by atoms with Gasteiger partial charge in [0, 0.05) is 24.3 Å². The summed E-state index contributed by atoms with van der Waals surface area (Å²) >= 11 is 0. The number of nitrogens with zero attached hydrogens (tertiary/aromatic N) is 1. The normalized spacial score (nSPS) is 21.8. The first kappa shape index (κ1) is 14.7. The molecule has 22 heavy (non-hydrogen) atoms. The van der Waals surface area contributed by atoms with Gasteiger partial charge in [0.15, 0.2) is 5.76 Å². The molecule has 1 amide bonds. The van der Waals surface area contributed by atoms with E-state index in [9.17, 15) is 4.79 Å². The lowest BCUT2D eigenvalue weighted by Gasteiger charge is -2.34. The molecule has 1 aromatic carbocycles. The molecular weight excluding hydrogens is 280 g/mol. The fourth-order valence-corrected chi connectivity index (χ4v) is 2.80. The first-order valence-electron chi connectivity index (χ1n) is 7.43.